The van der Waals surface area contributed by atoms with E-state index in [2.05, 4.69) is 6.92 Å². The fourth-order valence-corrected chi connectivity index (χ4v) is 5.71. The Morgan fingerprint density at radius 1 is 1.48 bits per heavy atom. The van der Waals surface area contributed by atoms with Crippen LogP contribution in [0.15, 0.2) is 0 Å². The molecule has 0 amide bonds. The molecule has 5 nitrogen and oxygen atoms in total. The number of aliphatic hydroxyl groups is 1. The van der Waals surface area contributed by atoms with Gasteiger partial charge in [-0.3, -0.25) is 4.79 Å². The Morgan fingerprint density at radius 2 is 2.14 bits per heavy atom. The number of carbonyl (C=O) groups excluding carboxylic acids is 1. The molecule has 7 heteroatoms. The van der Waals surface area contributed by atoms with Gasteiger partial charge in [-0.15, -0.1) is 0 Å². The molecule has 0 aliphatic carbocycles. The highest BCUT2D eigenvalue weighted by atomic mass is 32.2. The lowest BCUT2D eigenvalue weighted by molar-refractivity contribution is -0.110. The molecule has 0 bridgehead atoms. The van der Waals surface area contributed by atoms with Gasteiger partial charge in [-0.25, -0.2) is 0 Å². The molecule has 0 aromatic rings. The third kappa shape index (κ3) is 7.25. The molecule has 124 valence electrons. The maximum atomic E-state index is 11.3. The summed E-state index contributed by atoms with van der Waals surface area (Å²) in [6, 6.07) is 0.738. The fraction of sp³-hybridized carbons (Fsp3) is 0.929. The van der Waals surface area contributed by atoms with Crippen molar-refractivity contribution in [2.24, 2.45) is 11.8 Å². The second-order valence-corrected chi connectivity index (χ2v) is 9.57. The Hall–Kier alpha value is 0.0769. The summed E-state index contributed by atoms with van der Waals surface area (Å²) in [5.74, 6) is 1.25. The maximum absolute atomic E-state index is 11.3. The molecular formula is C14H28O5SSi. The van der Waals surface area contributed by atoms with Crippen molar-refractivity contribution in [2.75, 3.05) is 32.2 Å². The number of hydrogen-bond donors (Lipinski definition) is 1. The Bertz CT molecular complexity index is 308. The monoisotopic (exact) mass is 336 g/mol. The summed E-state index contributed by atoms with van der Waals surface area (Å²) < 4.78 is 17.8. The molecule has 21 heavy (non-hydrogen) atoms. The van der Waals surface area contributed by atoms with Gasteiger partial charge in [-0.2, -0.15) is 0 Å². The van der Waals surface area contributed by atoms with Crippen LogP contribution in [0, 0.1) is 11.8 Å². The van der Waals surface area contributed by atoms with Gasteiger partial charge in [0.1, 0.15) is 0 Å². The van der Waals surface area contributed by atoms with Crippen molar-refractivity contribution in [2.45, 2.75) is 39.7 Å². The molecule has 1 atom stereocenters. The van der Waals surface area contributed by atoms with Crippen molar-refractivity contribution in [3.63, 3.8) is 0 Å². The van der Waals surface area contributed by atoms with Gasteiger partial charge in [0.05, 0.1) is 0 Å². The van der Waals surface area contributed by atoms with Crippen molar-refractivity contribution < 1.29 is 23.2 Å². The van der Waals surface area contributed by atoms with Crippen LogP contribution in [-0.2, 0) is 18.1 Å². The van der Waals surface area contributed by atoms with Gasteiger partial charge in [-0.05, 0) is 6.42 Å². The molecule has 0 spiro atoms. The molecule has 1 unspecified atom stereocenters. The van der Waals surface area contributed by atoms with Crippen LogP contribution in [0.3, 0.4) is 0 Å². The van der Waals surface area contributed by atoms with E-state index in [0.29, 0.717) is 32.2 Å². The Balaban J connectivity index is 2.42. The van der Waals surface area contributed by atoms with Crippen molar-refractivity contribution in [1.29, 1.82) is 0 Å². The number of rotatable bonds is 9. The van der Waals surface area contributed by atoms with E-state index in [9.17, 15) is 4.79 Å². The third-order valence-electron chi connectivity index (χ3n) is 3.25. The first kappa shape index (κ1) is 19.1. The molecule has 1 heterocycles. The molecule has 1 aliphatic heterocycles. The molecule has 1 aliphatic rings. The van der Waals surface area contributed by atoms with Gasteiger partial charge in [0.25, 0.3) is 0 Å². The number of carbonyl (C=O) groups is 1. The zero-order valence-corrected chi connectivity index (χ0v) is 15.1. The summed E-state index contributed by atoms with van der Waals surface area (Å²) in [4.78, 5) is 11.3. The SMILES string of the molecule is CCC(=O)SCCC[Si]1(OCC(C)CO)OCC(C)CO1. The summed E-state index contributed by atoms with van der Waals surface area (Å²) in [6.45, 7) is 7.79. The third-order valence-corrected chi connectivity index (χ3v) is 7.14. The molecule has 1 rings (SSSR count). The first-order valence-corrected chi connectivity index (χ1v) is 10.6. The Kier molecular flexibility index (Phi) is 9.08. The van der Waals surface area contributed by atoms with Crippen LogP contribution >= 0.6 is 11.8 Å². The highest BCUT2D eigenvalue weighted by molar-refractivity contribution is 8.13. The molecule has 1 fully saturated rings. The van der Waals surface area contributed by atoms with E-state index in [4.69, 9.17) is 18.4 Å². The normalized spacial score (nSPS) is 27.5. The highest BCUT2D eigenvalue weighted by Crippen LogP contribution is 2.26. The Labute approximate surface area is 133 Å². The fourth-order valence-electron chi connectivity index (χ4n) is 1.83. The van der Waals surface area contributed by atoms with Crippen LogP contribution in [-0.4, -0.2) is 51.2 Å². The van der Waals surface area contributed by atoms with Gasteiger partial charge < -0.3 is 18.4 Å². The minimum Gasteiger partial charge on any atom is -0.396 e. The Morgan fingerprint density at radius 3 is 2.71 bits per heavy atom. The van der Waals surface area contributed by atoms with Crippen LogP contribution in [0.1, 0.15) is 33.6 Å². The lowest BCUT2D eigenvalue weighted by Crippen LogP contribution is -2.52. The van der Waals surface area contributed by atoms with Crippen molar-refractivity contribution >= 4 is 25.7 Å². The average Bonchev–Trinajstić information content (AvgIpc) is 2.51. The molecule has 1 N–H and O–H groups in total. The number of hydrogen-bond acceptors (Lipinski definition) is 6. The van der Waals surface area contributed by atoms with Gasteiger partial charge >= 0.3 is 8.80 Å². The number of thioether (sulfide) groups is 1. The van der Waals surface area contributed by atoms with Crippen molar-refractivity contribution in [1.82, 2.24) is 0 Å². The summed E-state index contributed by atoms with van der Waals surface area (Å²) in [6.07, 6.45) is 1.42. The molecular weight excluding hydrogens is 308 g/mol. The highest BCUT2D eigenvalue weighted by Gasteiger charge is 2.44. The lowest BCUT2D eigenvalue weighted by atomic mass is 10.2. The molecule has 0 saturated carbocycles. The number of aliphatic hydroxyl groups excluding tert-OH is 1. The van der Waals surface area contributed by atoms with E-state index in [1.54, 1.807) is 0 Å². The molecule has 0 radical (unpaired) electrons. The minimum absolute atomic E-state index is 0.0805. The standard InChI is InChI=1S/C14H28O5SSi/c1-4-14(16)20-6-5-7-21(17-9-12(2)8-15)18-10-13(3)11-19-21/h12-13,15H,4-11H2,1-3H3. The van der Waals surface area contributed by atoms with Crippen LogP contribution < -0.4 is 0 Å². The predicted octanol–water partition coefficient (Wildman–Crippen LogP) is 2.31. The van der Waals surface area contributed by atoms with Crippen LogP contribution in [0.4, 0.5) is 0 Å². The van der Waals surface area contributed by atoms with Gasteiger partial charge in [0, 0.05) is 56.5 Å². The van der Waals surface area contributed by atoms with Crippen molar-refractivity contribution in [3.05, 3.63) is 0 Å². The van der Waals surface area contributed by atoms with Gasteiger partial charge in [0.15, 0.2) is 5.12 Å². The minimum atomic E-state index is -2.62. The summed E-state index contributed by atoms with van der Waals surface area (Å²) in [5, 5.41) is 9.33. The van der Waals surface area contributed by atoms with Crippen LogP contribution in [0.2, 0.25) is 6.04 Å². The summed E-state index contributed by atoms with van der Waals surface area (Å²) >= 11 is 1.37. The smallest absolute Gasteiger partial charge is 0.396 e. The zero-order valence-electron chi connectivity index (χ0n) is 13.3. The first-order chi connectivity index (χ1) is 10.0. The van der Waals surface area contributed by atoms with Crippen molar-refractivity contribution in [3.8, 4) is 0 Å². The second-order valence-electron chi connectivity index (χ2n) is 5.69. The van der Waals surface area contributed by atoms with E-state index in [1.165, 1.54) is 11.8 Å². The molecule has 1 saturated heterocycles. The molecule has 0 aromatic heterocycles. The van der Waals surface area contributed by atoms with E-state index >= 15 is 0 Å². The van der Waals surface area contributed by atoms with E-state index < -0.39 is 8.80 Å². The zero-order chi connectivity index (χ0) is 15.7. The van der Waals surface area contributed by atoms with Crippen LogP contribution in [0.5, 0.6) is 0 Å². The maximum Gasteiger partial charge on any atom is 0.501 e. The van der Waals surface area contributed by atoms with Gasteiger partial charge in [-0.1, -0.05) is 32.5 Å². The lowest BCUT2D eigenvalue weighted by Gasteiger charge is -2.36. The predicted molar refractivity (Wildman–Crippen MR) is 86.2 cm³/mol. The van der Waals surface area contributed by atoms with E-state index in [1.807, 2.05) is 13.8 Å². The quantitative estimate of drug-likeness (QED) is 0.515. The molecule has 0 aromatic carbocycles. The average molecular weight is 337 g/mol. The van der Waals surface area contributed by atoms with Crippen LogP contribution in [0.25, 0.3) is 0 Å². The first-order valence-electron chi connectivity index (χ1n) is 7.69. The topological polar surface area (TPSA) is 65.0 Å². The summed E-state index contributed by atoms with van der Waals surface area (Å²) in [7, 11) is -2.62. The van der Waals surface area contributed by atoms with E-state index in [-0.39, 0.29) is 17.6 Å². The summed E-state index contributed by atoms with van der Waals surface area (Å²) in [5.41, 5.74) is 0. The largest absolute Gasteiger partial charge is 0.501 e. The van der Waals surface area contributed by atoms with Gasteiger partial charge in [0.2, 0.25) is 0 Å². The second kappa shape index (κ2) is 9.97. The van der Waals surface area contributed by atoms with E-state index in [0.717, 1.165) is 18.2 Å².